The summed E-state index contributed by atoms with van der Waals surface area (Å²) in [7, 11) is -3.71. The third-order valence-electron chi connectivity index (χ3n) is 3.93. The Morgan fingerprint density at radius 1 is 1.14 bits per heavy atom. The van der Waals surface area contributed by atoms with Crippen LogP contribution in [0.15, 0.2) is 58.4 Å². The van der Waals surface area contributed by atoms with Gasteiger partial charge in [0.15, 0.2) is 0 Å². The molecule has 0 saturated heterocycles. The fourth-order valence-corrected chi connectivity index (χ4v) is 3.57. The Labute approximate surface area is 160 Å². The molecular weight excluding hydrogens is 386 g/mol. The summed E-state index contributed by atoms with van der Waals surface area (Å²) in [6, 6.07) is 11.1. The molecule has 0 saturated carbocycles. The minimum absolute atomic E-state index is 0.00137. The van der Waals surface area contributed by atoms with E-state index in [0.717, 1.165) is 9.96 Å². The third-order valence-corrected chi connectivity index (χ3v) is 5.41. The third kappa shape index (κ3) is 4.00. The van der Waals surface area contributed by atoms with Crippen molar-refractivity contribution in [1.82, 2.24) is 14.1 Å². The van der Waals surface area contributed by atoms with Gasteiger partial charge in [0.2, 0.25) is 15.8 Å². The second-order valence-electron chi connectivity index (χ2n) is 5.94. The first-order valence-electron chi connectivity index (χ1n) is 8.25. The largest absolute Gasteiger partial charge is 0.376 e. The maximum Gasteiger partial charge on any atom is 0.376 e. The van der Waals surface area contributed by atoms with Crippen LogP contribution in [0.5, 0.6) is 0 Å². The summed E-state index contributed by atoms with van der Waals surface area (Å²) in [5.41, 5.74) is -0.356. The Balaban J connectivity index is 1.75. The first-order valence-corrected chi connectivity index (χ1v) is 9.74. The van der Waals surface area contributed by atoms with Crippen LogP contribution in [0.4, 0.5) is 11.5 Å². The van der Waals surface area contributed by atoms with Gasteiger partial charge in [-0.3, -0.25) is 19.3 Å². The van der Waals surface area contributed by atoms with E-state index >= 15 is 0 Å². The normalized spacial score (nSPS) is 11.5. The molecule has 1 aromatic carbocycles. The molecule has 0 aliphatic rings. The van der Waals surface area contributed by atoms with E-state index in [2.05, 4.69) is 15.0 Å². The number of anilines is 1. The minimum atomic E-state index is -3.71. The Hall–Kier alpha value is -3.31. The van der Waals surface area contributed by atoms with E-state index in [4.69, 9.17) is 0 Å². The Bertz CT molecular complexity index is 1190. The van der Waals surface area contributed by atoms with Crippen LogP contribution in [0.1, 0.15) is 5.56 Å². The van der Waals surface area contributed by atoms with Crippen molar-refractivity contribution in [1.29, 1.82) is 0 Å². The smallest absolute Gasteiger partial charge is 0.363 e. The average molecular weight is 403 g/mol. The molecule has 2 aromatic heterocycles. The molecule has 2 N–H and O–H groups in total. The number of sulfonamides is 1. The summed E-state index contributed by atoms with van der Waals surface area (Å²) in [6.45, 7) is 1.80. The molecule has 0 atom stereocenters. The Morgan fingerprint density at radius 2 is 1.86 bits per heavy atom. The molecule has 0 radical (unpaired) electrons. The van der Waals surface area contributed by atoms with Crippen molar-refractivity contribution < 1.29 is 13.3 Å². The highest BCUT2D eigenvalue weighted by Crippen LogP contribution is 2.17. The van der Waals surface area contributed by atoms with Gasteiger partial charge in [-0.25, -0.2) is 18.1 Å². The molecule has 0 aliphatic heterocycles. The molecule has 3 aromatic rings. The number of aromatic nitrogens is 2. The van der Waals surface area contributed by atoms with Crippen molar-refractivity contribution in [3.63, 3.8) is 0 Å². The van der Waals surface area contributed by atoms with Gasteiger partial charge in [-0.05, 0) is 31.2 Å². The molecule has 2 heterocycles. The molecule has 11 heteroatoms. The number of nitrogens with zero attached hydrogens (tertiary/aromatic N) is 3. The lowest BCUT2D eigenvalue weighted by molar-refractivity contribution is -0.385. The van der Waals surface area contributed by atoms with Gasteiger partial charge in [0.05, 0.1) is 9.82 Å². The predicted octanol–water partition coefficient (Wildman–Crippen LogP) is 1.30. The predicted molar refractivity (Wildman–Crippen MR) is 103 cm³/mol. The molecule has 0 aliphatic carbocycles. The van der Waals surface area contributed by atoms with Crippen LogP contribution < -0.4 is 15.6 Å². The molecule has 0 bridgehead atoms. The molecule has 146 valence electrons. The van der Waals surface area contributed by atoms with E-state index in [0.29, 0.717) is 0 Å². The number of hydrogen-bond acceptors (Lipinski definition) is 7. The van der Waals surface area contributed by atoms with Crippen molar-refractivity contribution >= 4 is 27.2 Å². The molecule has 3 rings (SSSR count). The summed E-state index contributed by atoms with van der Waals surface area (Å²) in [4.78, 5) is 27.0. The van der Waals surface area contributed by atoms with E-state index < -0.39 is 26.2 Å². The number of fused-ring (bicyclic) bond motifs is 1. The van der Waals surface area contributed by atoms with E-state index in [1.54, 1.807) is 24.3 Å². The number of benzene rings is 1. The van der Waals surface area contributed by atoms with Gasteiger partial charge in [0.1, 0.15) is 5.65 Å². The number of nitro groups is 1. The first kappa shape index (κ1) is 19.5. The van der Waals surface area contributed by atoms with E-state index in [9.17, 15) is 23.3 Å². The lowest BCUT2D eigenvalue weighted by Gasteiger charge is -2.09. The van der Waals surface area contributed by atoms with Gasteiger partial charge in [-0.1, -0.05) is 23.8 Å². The summed E-state index contributed by atoms with van der Waals surface area (Å²) >= 11 is 0. The van der Waals surface area contributed by atoms with Gasteiger partial charge in [0.25, 0.3) is 0 Å². The van der Waals surface area contributed by atoms with Crippen LogP contribution in [-0.4, -0.2) is 35.8 Å². The maximum absolute atomic E-state index is 12.3. The van der Waals surface area contributed by atoms with Crippen LogP contribution in [0.3, 0.4) is 0 Å². The van der Waals surface area contributed by atoms with Gasteiger partial charge in [0, 0.05) is 19.3 Å². The van der Waals surface area contributed by atoms with Crippen molar-refractivity contribution in [2.75, 3.05) is 18.4 Å². The summed E-state index contributed by atoms with van der Waals surface area (Å²) in [5, 5.41) is 14.0. The number of pyridine rings is 1. The van der Waals surface area contributed by atoms with Gasteiger partial charge >= 0.3 is 11.2 Å². The zero-order valence-corrected chi connectivity index (χ0v) is 15.6. The molecule has 10 nitrogen and oxygen atoms in total. The lowest BCUT2D eigenvalue weighted by atomic mass is 10.2. The van der Waals surface area contributed by atoms with Crippen molar-refractivity contribution in [3.05, 3.63) is 74.7 Å². The fraction of sp³-hybridized carbons (Fsp3) is 0.176. The van der Waals surface area contributed by atoms with Gasteiger partial charge in [-0.15, -0.1) is 0 Å². The molecule has 0 amide bonds. The number of rotatable bonds is 7. The van der Waals surface area contributed by atoms with E-state index in [-0.39, 0.29) is 29.5 Å². The highest BCUT2D eigenvalue weighted by molar-refractivity contribution is 7.89. The number of nitrogens with one attached hydrogen (secondary N) is 2. The standard InChI is InChI=1S/C17H17N5O5S/c1-12-5-7-13(8-6-12)28(26,27)19-10-9-18-16-15(22(24)25)17(23)21-11-3-2-4-14(21)20-16/h2-8,11,18-19H,9-10H2,1H3. The Kier molecular flexibility index (Phi) is 5.38. The zero-order chi connectivity index (χ0) is 20.3. The fourth-order valence-electron chi connectivity index (χ4n) is 2.53. The molecule has 0 unspecified atom stereocenters. The number of aryl methyl sites for hydroxylation is 1. The maximum atomic E-state index is 12.3. The van der Waals surface area contributed by atoms with Crippen LogP contribution in [-0.2, 0) is 10.0 Å². The van der Waals surface area contributed by atoms with Crippen LogP contribution in [0, 0.1) is 17.0 Å². The highest BCUT2D eigenvalue weighted by Gasteiger charge is 2.23. The molecule has 0 fully saturated rings. The summed E-state index contributed by atoms with van der Waals surface area (Å²) in [5.74, 6) is -0.212. The van der Waals surface area contributed by atoms with Gasteiger partial charge < -0.3 is 5.32 Å². The second kappa shape index (κ2) is 7.74. The van der Waals surface area contributed by atoms with Crippen LogP contribution in [0.25, 0.3) is 5.65 Å². The monoisotopic (exact) mass is 403 g/mol. The van der Waals surface area contributed by atoms with Gasteiger partial charge in [-0.2, -0.15) is 0 Å². The van der Waals surface area contributed by atoms with Crippen molar-refractivity contribution in [2.45, 2.75) is 11.8 Å². The van der Waals surface area contributed by atoms with Crippen LogP contribution in [0.2, 0.25) is 0 Å². The lowest BCUT2D eigenvalue weighted by Crippen LogP contribution is -2.30. The molecular formula is C17H17N5O5S. The van der Waals surface area contributed by atoms with E-state index in [1.807, 2.05) is 6.92 Å². The Morgan fingerprint density at radius 3 is 2.54 bits per heavy atom. The minimum Gasteiger partial charge on any atom is -0.363 e. The zero-order valence-electron chi connectivity index (χ0n) is 14.8. The summed E-state index contributed by atoms with van der Waals surface area (Å²) in [6.07, 6.45) is 1.39. The average Bonchev–Trinajstić information content (AvgIpc) is 2.65. The molecule has 0 spiro atoms. The van der Waals surface area contributed by atoms with Crippen molar-refractivity contribution in [3.8, 4) is 0 Å². The van der Waals surface area contributed by atoms with Crippen LogP contribution >= 0.6 is 0 Å². The van der Waals surface area contributed by atoms with Crippen molar-refractivity contribution in [2.24, 2.45) is 0 Å². The molecule has 28 heavy (non-hydrogen) atoms. The second-order valence-corrected chi connectivity index (χ2v) is 7.70. The topological polar surface area (TPSA) is 136 Å². The SMILES string of the molecule is Cc1ccc(S(=O)(=O)NCCNc2nc3ccccn3c(=O)c2[N+](=O)[O-])cc1. The first-order chi connectivity index (χ1) is 13.3. The quantitative estimate of drug-likeness (QED) is 0.345. The van der Waals surface area contributed by atoms with E-state index in [1.165, 1.54) is 24.4 Å². The summed E-state index contributed by atoms with van der Waals surface area (Å²) < 4.78 is 28.0. The number of hydrogen-bond donors (Lipinski definition) is 2. The highest BCUT2D eigenvalue weighted by atomic mass is 32.2.